The zero-order valence-corrected chi connectivity index (χ0v) is 25.0. The van der Waals surface area contributed by atoms with Crippen LogP contribution in [0.5, 0.6) is 0 Å². The summed E-state index contributed by atoms with van der Waals surface area (Å²) in [5.41, 5.74) is 10.3. The van der Waals surface area contributed by atoms with Gasteiger partial charge in [0.15, 0.2) is 0 Å². The van der Waals surface area contributed by atoms with Gasteiger partial charge in [-0.15, -0.1) is 11.3 Å². The minimum absolute atomic E-state index is 0.923. The molecule has 2 nitrogen and oxygen atoms in total. The first-order valence-electron chi connectivity index (χ1n) is 15.3. The number of nitrogens with zero attached hydrogens (tertiary/aromatic N) is 1. The molecule has 3 heterocycles. The molecule has 0 aliphatic carbocycles. The maximum absolute atomic E-state index is 6.25. The Bertz CT molecular complexity index is 2740. The van der Waals surface area contributed by atoms with Crippen molar-refractivity contribution in [2.45, 2.75) is 0 Å². The van der Waals surface area contributed by atoms with E-state index in [0.29, 0.717) is 0 Å². The van der Waals surface area contributed by atoms with Crippen LogP contribution < -0.4 is 0 Å². The molecule has 0 atom stereocenters. The van der Waals surface area contributed by atoms with E-state index < -0.39 is 0 Å². The van der Waals surface area contributed by atoms with Crippen LogP contribution in [0.15, 0.2) is 156 Å². The third-order valence-corrected chi connectivity index (χ3v) is 10.4. The first kappa shape index (κ1) is 24.8. The van der Waals surface area contributed by atoms with E-state index in [2.05, 4.69) is 144 Å². The third kappa shape index (κ3) is 3.75. The molecule has 0 unspecified atom stereocenters. The van der Waals surface area contributed by atoms with Crippen molar-refractivity contribution in [3.8, 4) is 27.9 Å². The van der Waals surface area contributed by atoms with Crippen LogP contribution in [0.2, 0.25) is 0 Å². The fourth-order valence-corrected chi connectivity index (χ4v) is 8.12. The largest absolute Gasteiger partial charge is 0.456 e. The van der Waals surface area contributed by atoms with Gasteiger partial charge in [-0.05, 0) is 76.9 Å². The van der Waals surface area contributed by atoms with E-state index >= 15 is 0 Å². The molecule has 3 heteroatoms. The molecule has 10 rings (SSSR count). The van der Waals surface area contributed by atoms with E-state index in [-0.39, 0.29) is 0 Å². The lowest BCUT2D eigenvalue weighted by Gasteiger charge is -2.10. The van der Waals surface area contributed by atoms with E-state index in [1.165, 1.54) is 64.2 Å². The lowest BCUT2D eigenvalue weighted by molar-refractivity contribution is 0.669. The molecule has 0 bridgehead atoms. The van der Waals surface area contributed by atoms with Crippen LogP contribution in [-0.2, 0) is 0 Å². The number of furan rings is 1. The minimum Gasteiger partial charge on any atom is -0.456 e. The van der Waals surface area contributed by atoms with Crippen LogP contribution in [0.25, 0.3) is 91.9 Å². The smallest absolute Gasteiger partial charge is 0.136 e. The third-order valence-electron chi connectivity index (χ3n) is 9.22. The van der Waals surface area contributed by atoms with Crippen molar-refractivity contribution in [3.63, 3.8) is 0 Å². The Morgan fingerprint density at radius 2 is 1.00 bits per heavy atom. The van der Waals surface area contributed by atoms with Crippen LogP contribution in [0, 0.1) is 0 Å². The molecule has 210 valence electrons. The summed E-state index contributed by atoms with van der Waals surface area (Å²) in [7, 11) is 0. The summed E-state index contributed by atoms with van der Waals surface area (Å²) < 4.78 is 11.3. The summed E-state index contributed by atoms with van der Waals surface area (Å²) in [4.78, 5) is 0. The zero-order chi connectivity index (χ0) is 29.5. The van der Waals surface area contributed by atoms with Crippen LogP contribution in [0.3, 0.4) is 0 Å². The number of aromatic nitrogens is 1. The number of benzene rings is 7. The van der Waals surface area contributed by atoms with Crippen LogP contribution in [-0.4, -0.2) is 4.57 Å². The van der Waals surface area contributed by atoms with Gasteiger partial charge in [0.2, 0.25) is 0 Å². The van der Waals surface area contributed by atoms with Gasteiger partial charge in [0.05, 0.1) is 11.0 Å². The molecule has 0 spiro atoms. The van der Waals surface area contributed by atoms with Gasteiger partial charge in [0, 0.05) is 47.4 Å². The van der Waals surface area contributed by atoms with E-state index in [9.17, 15) is 0 Å². The van der Waals surface area contributed by atoms with E-state index in [0.717, 1.165) is 27.6 Å². The quantitative estimate of drug-likeness (QED) is 0.200. The predicted octanol–water partition coefficient (Wildman–Crippen LogP) is 12.4. The van der Waals surface area contributed by atoms with E-state index in [1.54, 1.807) is 0 Å². The Morgan fingerprint density at radius 3 is 1.82 bits per heavy atom. The Kier molecular flexibility index (Phi) is 5.19. The maximum atomic E-state index is 6.25. The van der Waals surface area contributed by atoms with Crippen molar-refractivity contribution < 1.29 is 4.42 Å². The second-order valence-electron chi connectivity index (χ2n) is 11.7. The van der Waals surface area contributed by atoms with Gasteiger partial charge < -0.3 is 8.98 Å². The Labute approximate surface area is 263 Å². The normalized spacial score (nSPS) is 12.0. The molecule has 0 fully saturated rings. The van der Waals surface area contributed by atoms with Gasteiger partial charge in [0.25, 0.3) is 0 Å². The van der Waals surface area contributed by atoms with Crippen molar-refractivity contribution in [3.05, 3.63) is 152 Å². The highest BCUT2D eigenvalue weighted by Crippen LogP contribution is 2.39. The standard InChI is InChI=1S/C42H25NOS/c1-4-10-37-31(7-1)34-25-40-35(32-8-2-5-11-39(32)44-40)24-38(34)43(37)30-20-17-27(18-21-30)26-13-15-28(16-14-26)29-19-22-42-36(23-29)33-9-3-6-12-41(33)45-42/h1-25H. The molecule has 0 saturated carbocycles. The van der Waals surface area contributed by atoms with Gasteiger partial charge in [0.1, 0.15) is 11.2 Å². The molecule has 0 amide bonds. The summed E-state index contributed by atoms with van der Waals surface area (Å²) in [6, 6.07) is 54.9. The van der Waals surface area contributed by atoms with Gasteiger partial charge in [-0.25, -0.2) is 0 Å². The molecular formula is C42H25NOS. The molecule has 10 aromatic rings. The van der Waals surface area contributed by atoms with Gasteiger partial charge in [-0.2, -0.15) is 0 Å². The first-order chi connectivity index (χ1) is 22.3. The number of para-hydroxylation sites is 2. The van der Waals surface area contributed by atoms with Crippen LogP contribution in [0.4, 0.5) is 0 Å². The Morgan fingerprint density at radius 1 is 0.378 bits per heavy atom. The zero-order valence-electron chi connectivity index (χ0n) is 24.2. The van der Waals surface area contributed by atoms with Gasteiger partial charge in [-0.1, -0.05) is 97.1 Å². The number of rotatable bonds is 3. The molecular weight excluding hydrogens is 567 g/mol. The second-order valence-corrected chi connectivity index (χ2v) is 12.8. The lowest BCUT2D eigenvalue weighted by Crippen LogP contribution is -1.93. The molecule has 7 aromatic carbocycles. The van der Waals surface area contributed by atoms with E-state index in [1.807, 2.05) is 23.5 Å². The number of hydrogen-bond donors (Lipinski definition) is 0. The summed E-state index contributed by atoms with van der Waals surface area (Å²) in [6.07, 6.45) is 0. The van der Waals surface area contributed by atoms with Crippen LogP contribution >= 0.6 is 11.3 Å². The molecule has 0 radical (unpaired) electrons. The maximum Gasteiger partial charge on any atom is 0.136 e. The Hall–Kier alpha value is -5.64. The topological polar surface area (TPSA) is 18.1 Å². The predicted molar refractivity (Wildman–Crippen MR) is 192 cm³/mol. The highest BCUT2D eigenvalue weighted by atomic mass is 32.1. The molecule has 0 saturated heterocycles. The minimum atomic E-state index is 0.923. The van der Waals surface area contributed by atoms with Crippen molar-refractivity contribution in [1.29, 1.82) is 0 Å². The molecule has 45 heavy (non-hydrogen) atoms. The summed E-state index contributed by atoms with van der Waals surface area (Å²) in [5, 5.41) is 7.38. The van der Waals surface area contributed by atoms with Crippen molar-refractivity contribution in [2.75, 3.05) is 0 Å². The van der Waals surface area contributed by atoms with E-state index in [4.69, 9.17) is 4.42 Å². The average Bonchev–Trinajstić information content (AvgIpc) is 3.76. The van der Waals surface area contributed by atoms with Crippen molar-refractivity contribution in [1.82, 2.24) is 4.57 Å². The fraction of sp³-hybridized carbons (Fsp3) is 0. The first-order valence-corrected chi connectivity index (χ1v) is 16.1. The fourth-order valence-electron chi connectivity index (χ4n) is 7.03. The second kappa shape index (κ2) is 9.43. The van der Waals surface area contributed by atoms with Crippen molar-refractivity contribution in [2.24, 2.45) is 0 Å². The van der Waals surface area contributed by atoms with Gasteiger partial charge >= 0.3 is 0 Å². The summed E-state index contributed by atoms with van der Waals surface area (Å²) in [5.74, 6) is 0. The SMILES string of the molecule is c1ccc2c(c1)oc1cc3c4ccccc4n(-c4ccc(-c5ccc(-c6ccc7sc8ccccc8c7c6)cc5)cc4)c3cc12. The molecule has 0 N–H and O–H groups in total. The van der Waals surface area contributed by atoms with Gasteiger partial charge in [-0.3, -0.25) is 0 Å². The van der Waals surface area contributed by atoms with Crippen LogP contribution in [0.1, 0.15) is 0 Å². The van der Waals surface area contributed by atoms with Crippen molar-refractivity contribution >= 4 is 75.3 Å². The summed E-state index contributed by atoms with van der Waals surface area (Å²) >= 11 is 1.86. The monoisotopic (exact) mass is 591 g/mol. The molecule has 0 aliphatic heterocycles. The molecule has 3 aromatic heterocycles. The highest BCUT2D eigenvalue weighted by Gasteiger charge is 2.16. The number of hydrogen-bond acceptors (Lipinski definition) is 2. The lowest BCUT2D eigenvalue weighted by atomic mass is 9.99. The number of fused-ring (bicyclic) bond motifs is 9. The molecule has 0 aliphatic rings. The average molecular weight is 592 g/mol. The number of thiophene rings is 1. The highest BCUT2D eigenvalue weighted by molar-refractivity contribution is 7.25. The Balaban J connectivity index is 1.04. The summed E-state index contributed by atoms with van der Waals surface area (Å²) in [6.45, 7) is 0.